The van der Waals surface area contributed by atoms with E-state index in [1.54, 1.807) is 32.3 Å². The SMILES string of the molecule is COC(=O)c1cc2cc(C(=O)N(C)C)ccc2s1. The summed E-state index contributed by atoms with van der Waals surface area (Å²) in [5, 5.41) is 0.883. The summed E-state index contributed by atoms with van der Waals surface area (Å²) in [7, 11) is 4.77. The minimum atomic E-state index is -0.350. The van der Waals surface area contributed by atoms with Gasteiger partial charge >= 0.3 is 5.97 Å². The molecule has 0 spiro atoms. The normalized spacial score (nSPS) is 10.4. The molecule has 2 aromatic rings. The molecule has 1 heterocycles. The van der Waals surface area contributed by atoms with Crippen molar-refractivity contribution in [2.24, 2.45) is 0 Å². The Balaban J connectivity index is 2.46. The van der Waals surface area contributed by atoms with E-state index < -0.39 is 0 Å². The van der Waals surface area contributed by atoms with Crippen LogP contribution in [0.5, 0.6) is 0 Å². The molecule has 0 aliphatic rings. The summed E-state index contributed by atoms with van der Waals surface area (Å²) in [6.45, 7) is 0. The van der Waals surface area contributed by atoms with Crippen LogP contribution >= 0.6 is 11.3 Å². The summed E-state index contributed by atoms with van der Waals surface area (Å²) in [5.41, 5.74) is 0.613. The molecule has 1 aromatic carbocycles. The summed E-state index contributed by atoms with van der Waals surface area (Å²) >= 11 is 1.36. The highest BCUT2D eigenvalue weighted by atomic mass is 32.1. The standard InChI is InChI=1S/C13H13NO3S/c1-14(2)12(15)8-4-5-10-9(6-8)7-11(18-10)13(16)17-3/h4-7H,1-3H3. The van der Waals surface area contributed by atoms with Gasteiger partial charge in [0.25, 0.3) is 5.91 Å². The van der Waals surface area contributed by atoms with Gasteiger partial charge in [-0.1, -0.05) is 0 Å². The van der Waals surface area contributed by atoms with Crippen molar-refractivity contribution in [3.63, 3.8) is 0 Å². The van der Waals surface area contributed by atoms with Crippen molar-refractivity contribution in [3.8, 4) is 0 Å². The third-order valence-electron chi connectivity index (χ3n) is 2.56. The highest BCUT2D eigenvalue weighted by Crippen LogP contribution is 2.27. The minimum absolute atomic E-state index is 0.0530. The molecule has 0 unspecified atom stereocenters. The molecule has 94 valence electrons. The highest BCUT2D eigenvalue weighted by molar-refractivity contribution is 7.20. The Hall–Kier alpha value is -1.88. The van der Waals surface area contributed by atoms with Crippen molar-refractivity contribution in [3.05, 3.63) is 34.7 Å². The topological polar surface area (TPSA) is 46.6 Å². The van der Waals surface area contributed by atoms with E-state index in [2.05, 4.69) is 4.74 Å². The number of carbonyl (C=O) groups excluding carboxylic acids is 2. The Morgan fingerprint density at radius 3 is 2.56 bits per heavy atom. The molecule has 1 amide bonds. The van der Waals surface area contributed by atoms with Gasteiger partial charge in [0.15, 0.2) is 0 Å². The van der Waals surface area contributed by atoms with Crippen molar-refractivity contribution >= 4 is 33.3 Å². The third kappa shape index (κ3) is 2.22. The maximum atomic E-state index is 11.8. The number of amides is 1. The van der Waals surface area contributed by atoms with E-state index in [4.69, 9.17) is 0 Å². The number of thiophene rings is 1. The number of fused-ring (bicyclic) bond motifs is 1. The lowest BCUT2D eigenvalue weighted by Gasteiger charge is -2.09. The number of nitrogens with zero attached hydrogens (tertiary/aromatic N) is 1. The molecule has 1 aromatic heterocycles. The number of methoxy groups -OCH3 is 1. The number of ether oxygens (including phenoxy) is 1. The maximum absolute atomic E-state index is 11.8. The molecule has 18 heavy (non-hydrogen) atoms. The van der Waals surface area contributed by atoms with Crippen LogP contribution in [0.15, 0.2) is 24.3 Å². The van der Waals surface area contributed by atoms with Crippen LogP contribution in [-0.2, 0) is 4.74 Å². The van der Waals surface area contributed by atoms with Crippen molar-refractivity contribution < 1.29 is 14.3 Å². The van der Waals surface area contributed by atoms with Crippen LogP contribution in [-0.4, -0.2) is 38.0 Å². The van der Waals surface area contributed by atoms with Gasteiger partial charge in [0.1, 0.15) is 4.88 Å². The van der Waals surface area contributed by atoms with Crippen LogP contribution in [0.2, 0.25) is 0 Å². The molecule has 0 bridgehead atoms. The Labute approximate surface area is 109 Å². The van der Waals surface area contributed by atoms with Crippen LogP contribution in [0.4, 0.5) is 0 Å². The molecule has 0 saturated heterocycles. The first-order valence-corrected chi connectivity index (χ1v) is 6.18. The zero-order valence-electron chi connectivity index (χ0n) is 10.4. The Morgan fingerprint density at radius 1 is 1.22 bits per heavy atom. The van der Waals surface area contributed by atoms with E-state index in [0.717, 1.165) is 10.1 Å². The fourth-order valence-corrected chi connectivity index (χ4v) is 2.60. The Kier molecular flexibility index (Phi) is 3.34. The fraction of sp³-hybridized carbons (Fsp3) is 0.231. The summed E-state index contributed by atoms with van der Waals surface area (Å²) in [6.07, 6.45) is 0. The average Bonchev–Trinajstić information content (AvgIpc) is 2.79. The largest absolute Gasteiger partial charge is 0.465 e. The first-order valence-electron chi connectivity index (χ1n) is 5.36. The molecule has 4 nitrogen and oxygen atoms in total. The Morgan fingerprint density at radius 2 is 1.94 bits per heavy atom. The van der Waals surface area contributed by atoms with E-state index in [1.807, 2.05) is 6.07 Å². The lowest BCUT2D eigenvalue weighted by atomic mass is 10.1. The van der Waals surface area contributed by atoms with Gasteiger partial charge in [-0.15, -0.1) is 11.3 Å². The molecule has 5 heteroatoms. The molecule has 0 aliphatic heterocycles. The van der Waals surface area contributed by atoms with E-state index in [1.165, 1.54) is 23.3 Å². The zero-order chi connectivity index (χ0) is 13.3. The van der Waals surface area contributed by atoms with Crippen LogP contribution in [0, 0.1) is 0 Å². The van der Waals surface area contributed by atoms with E-state index >= 15 is 0 Å². The molecule has 0 aliphatic carbocycles. The zero-order valence-corrected chi connectivity index (χ0v) is 11.2. The van der Waals surface area contributed by atoms with Crippen LogP contribution in [0.25, 0.3) is 10.1 Å². The summed E-state index contributed by atoms with van der Waals surface area (Å²) in [4.78, 5) is 25.3. The van der Waals surface area contributed by atoms with Crippen molar-refractivity contribution in [2.45, 2.75) is 0 Å². The van der Waals surface area contributed by atoms with Crippen LogP contribution in [0.3, 0.4) is 0 Å². The third-order valence-corrected chi connectivity index (χ3v) is 3.65. The van der Waals surface area contributed by atoms with Gasteiger partial charge in [0.05, 0.1) is 7.11 Å². The molecule has 0 N–H and O–H groups in total. The maximum Gasteiger partial charge on any atom is 0.348 e. The van der Waals surface area contributed by atoms with Gasteiger partial charge in [0.2, 0.25) is 0 Å². The number of esters is 1. The van der Waals surface area contributed by atoms with Gasteiger partial charge in [0, 0.05) is 24.4 Å². The average molecular weight is 263 g/mol. The van der Waals surface area contributed by atoms with Crippen molar-refractivity contribution in [1.29, 1.82) is 0 Å². The van der Waals surface area contributed by atoms with E-state index in [0.29, 0.717) is 10.4 Å². The van der Waals surface area contributed by atoms with Crippen molar-refractivity contribution in [2.75, 3.05) is 21.2 Å². The molecule has 0 atom stereocenters. The van der Waals surface area contributed by atoms with Crippen LogP contribution in [0.1, 0.15) is 20.0 Å². The molecule has 0 fully saturated rings. The molecule has 2 rings (SSSR count). The monoisotopic (exact) mass is 263 g/mol. The molecule has 0 radical (unpaired) electrons. The summed E-state index contributed by atoms with van der Waals surface area (Å²) in [5.74, 6) is -0.403. The smallest absolute Gasteiger partial charge is 0.348 e. The van der Waals surface area contributed by atoms with E-state index in [9.17, 15) is 9.59 Å². The second-order valence-corrected chi connectivity index (χ2v) is 5.14. The lowest BCUT2D eigenvalue weighted by Crippen LogP contribution is -2.21. The second-order valence-electron chi connectivity index (χ2n) is 4.05. The van der Waals surface area contributed by atoms with Gasteiger partial charge < -0.3 is 9.64 Å². The predicted molar refractivity (Wildman–Crippen MR) is 71.2 cm³/mol. The van der Waals surface area contributed by atoms with Gasteiger partial charge in [-0.2, -0.15) is 0 Å². The number of hydrogen-bond acceptors (Lipinski definition) is 4. The van der Waals surface area contributed by atoms with Crippen molar-refractivity contribution in [1.82, 2.24) is 4.90 Å². The summed E-state index contributed by atoms with van der Waals surface area (Å²) < 4.78 is 5.64. The van der Waals surface area contributed by atoms with Gasteiger partial charge in [-0.3, -0.25) is 4.79 Å². The van der Waals surface area contributed by atoms with E-state index in [-0.39, 0.29) is 11.9 Å². The number of rotatable bonds is 2. The first kappa shape index (κ1) is 12.6. The molecular formula is C13H13NO3S. The summed E-state index contributed by atoms with van der Waals surface area (Å²) in [6, 6.07) is 7.16. The minimum Gasteiger partial charge on any atom is -0.465 e. The van der Waals surface area contributed by atoms with Gasteiger partial charge in [-0.05, 0) is 29.7 Å². The van der Waals surface area contributed by atoms with Gasteiger partial charge in [-0.25, -0.2) is 4.79 Å². The van der Waals surface area contributed by atoms with Crippen LogP contribution < -0.4 is 0 Å². The molecular weight excluding hydrogens is 250 g/mol. The number of carbonyl (C=O) groups is 2. The number of benzene rings is 1. The highest BCUT2D eigenvalue weighted by Gasteiger charge is 2.13. The first-order chi connectivity index (χ1) is 8.52. The quantitative estimate of drug-likeness (QED) is 0.782. The molecule has 0 saturated carbocycles. The number of hydrogen-bond donors (Lipinski definition) is 0. The fourth-order valence-electron chi connectivity index (χ4n) is 1.64. The second kappa shape index (κ2) is 4.78. The predicted octanol–water partition coefficient (Wildman–Crippen LogP) is 2.39. The Bertz CT molecular complexity index is 616. The lowest BCUT2D eigenvalue weighted by molar-refractivity contribution is 0.0606.